The average molecular weight is 313 g/mol. The van der Waals surface area contributed by atoms with E-state index in [1.807, 2.05) is 0 Å². The van der Waals surface area contributed by atoms with Crippen molar-refractivity contribution in [1.82, 2.24) is 10.2 Å². The second kappa shape index (κ2) is 10.4. The number of guanidine groups is 1. The first-order valence-electron chi connectivity index (χ1n) is 8.24. The number of methoxy groups -OCH3 is 2. The van der Waals surface area contributed by atoms with Gasteiger partial charge < -0.3 is 19.7 Å². The second-order valence-electron chi connectivity index (χ2n) is 5.80. The highest BCUT2D eigenvalue weighted by Crippen LogP contribution is 2.24. The number of carbonyl (C=O) groups excluding carboxylic acids is 1. The first kappa shape index (κ1) is 18.7. The number of likely N-dealkylation sites (tertiary alicyclic amines) is 1. The molecule has 1 N–H and O–H groups in total. The van der Waals surface area contributed by atoms with Gasteiger partial charge in [0.15, 0.2) is 5.96 Å². The highest BCUT2D eigenvalue weighted by Gasteiger charge is 2.36. The summed E-state index contributed by atoms with van der Waals surface area (Å²) in [5, 5.41) is 3.32. The fourth-order valence-electron chi connectivity index (χ4n) is 2.74. The summed E-state index contributed by atoms with van der Waals surface area (Å²) in [4.78, 5) is 18.6. The van der Waals surface area contributed by atoms with E-state index in [1.54, 1.807) is 7.11 Å². The maximum atomic E-state index is 11.8. The third-order valence-corrected chi connectivity index (χ3v) is 4.02. The average Bonchev–Trinajstić information content (AvgIpc) is 2.90. The summed E-state index contributed by atoms with van der Waals surface area (Å²) >= 11 is 0. The zero-order valence-electron chi connectivity index (χ0n) is 14.4. The maximum Gasteiger partial charge on any atom is 0.310 e. The summed E-state index contributed by atoms with van der Waals surface area (Å²) in [6.07, 6.45) is 3.26. The van der Waals surface area contributed by atoms with Gasteiger partial charge in [-0.25, -0.2) is 0 Å². The lowest BCUT2D eigenvalue weighted by Crippen LogP contribution is -2.40. The molecule has 0 radical (unpaired) electrons. The first-order valence-corrected chi connectivity index (χ1v) is 8.24. The van der Waals surface area contributed by atoms with E-state index in [-0.39, 0.29) is 17.8 Å². The summed E-state index contributed by atoms with van der Waals surface area (Å²) < 4.78 is 9.94. The van der Waals surface area contributed by atoms with Crippen LogP contribution in [0.3, 0.4) is 0 Å². The molecule has 128 valence electrons. The van der Waals surface area contributed by atoms with E-state index < -0.39 is 0 Å². The van der Waals surface area contributed by atoms with Gasteiger partial charge in [0.25, 0.3) is 0 Å². The Morgan fingerprint density at radius 3 is 2.68 bits per heavy atom. The number of aliphatic imine (C=N–C) groups is 1. The predicted octanol–water partition coefficient (Wildman–Crippen LogP) is 1.51. The number of nitrogens with zero attached hydrogens (tertiary/aromatic N) is 2. The Morgan fingerprint density at radius 2 is 2.05 bits per heavy atom. The number of ether oxygens (including phenoxy) is 2. The monoisotopic (exact) mass is 313 g/mol. The lowest BCUT2D eigenvalue weighted by molar-refractivity contribution is -0.145. The molecule has 1 rings (SSSR count). The molecule has 0 aromatic rings. The Hall–Kier alpha value is -1.30. The molecule has 1 aliphatic rings. The number of unbranched alkanes of at least 4 members (excludes halogenated alkanes) is 2. The van der Waals surface area contributed by atoms with Crippen molar-refractivity contribution in [3.8, 4) is 0 Å². The number of carbonyl (C=O) groups is 1. The van der Waals surface area contributed by atoms with Crippen molar-refractivity contribution < 1.29 is 14.3 Å². The van der Waals surface area contributed by atoms with Gasteiger partial charge in [-0.15, -0.1) is 0 Å². The first-order chi connectivity index (χ1) is 10.6. The fourth-order valence-corrected chi connectivity index (χ4v) is 2.74. The highest BCUT2D eigenvalue weighted by molar-refractivity contribution is 5.82. The topological polar surface area (TPSA) is 63.2 Å². The predicted molar refractivity (Wildman–Crippen MR) is 87.9 cm³/mol. The van der Waals surface area contributed by atoms with Crippen molar-refractivity contribution in [2.24, 2.45) is 16.8 Å². The van der Waals surface area contributed by atoms with E-state index in [0.717, 1.165) is 51.5 Å². The Morgan fingerprint density at radius 1 is 1.27 bits per heavy atom. The maximum absolute atomic E-state index is 11.8. The van der Waals surface area contributed by atoms with E-state index in [0.29, 0.717) is 6.54 Å². The molecule has 0 spiro atoms. The van der Waals surface area contributed by atoms with Crippen molar-refractivity contribution in [2.45, 2.75) is 33.1 Å². The molecule has 6 nitrogen and oxygen atoms in total. The van der Waals surface area contributed by atoms with Gasteiger partial charge in [0.05, 0.1) is 13.0 Å². The molecule has 0 aliphatic carbocycles. The minimum Gasteiger partial charge on any atom is -0.469 e. The summed E-state index contributed by atoms with van der Waals surface area (Å²) in [7, 11) is 3.19. The molecule has 0 amide bonds. The van der Waals surface area contributed by atoms with Crippen molar-refractivity contribution in [2.75, 3.05) is 47.0 Å². The van der Waals surface area contributed by atoms with E-state index >= 15 is 0 Å². The molecule has 22 heavy (non-hydrogen) atoms. The van der Waals surface area contributed by atoms with Crippen LogP contribution in [0.5, 0.6) is 0 Å². The summed E-state index contributed by atoms with van der Waals surface area (Å²) in [6, 6.07) is 0. The zero-order chi connectivity index (χ0) is 16.4. The molecule has 2 unspecified atom stereocenters. The van der Waals surface area contributed by atoms with Gasteiger partial charge >= 0.3 is 5.97 Å². The van der Waals surface area contributed by atoms with Crippen LogP contribution in [0.4, 0.5) is 0 Å². The smallest absolute Gasteiger partial charge is 0.310 e. The van der Waals surface area contributed by atoms with Crippen LogP contribution in [-0.2, 0) is 14.3 Å². The van der Waals surface area contributed by atoms with Crippen LogP contribution in [0.25, 0.3) is 0 Å². The third-order valence-electron chi connectivity index (χ3n) is 4.02. The SMILES string of the molecule is CCNC(=NCCCCCOC)N1CC(C)C(C(=O)OC)C1. The summed E-state index contributed by atoms with van der Waals surface area (Å²) in [5.41, 5.74) is 0. The van der Waals surface area contributed by atoms with Crippen molar-refractivity contribution in [3.05, 3.63) is 0 Å². The van der Waals surface area contributed by atoms with Crippen LogP contribution in [-0.4, -0.2) is 63.8 Å². The molecule has 1 heterocycles. The van der Waals surface area contributed by atoms with Gasteiger partial charge in [-0.1, -0.05) is 6.92 Å². The van der Waals surface area contributed by atoms with E-state index in [2.05, 4.69) is 29.1 Å². The zero-order valence-corrected chi connectivity index (χ0v) is 14.4. The molecule has 0 aromatic heterocycles. The fraction of sp³-hybridized carbons (Fsp3) is 0.875. The number of nitrogens with one attached hydrogen (secondary N) is 1. The van der Waals surface area contributed by atoms with Gasteiger partial charge in [-0.05, 0) is 32.1 Å². The second-order valence-corrected chi connectivity index (χ2v) is 5.80. The number of esters is 1. The van der Waals surface area contributed by atoms with Crippen LogP contribution >= 0.6 is 0 Å². The number of rotatable bonds is 8. The Labute approximate surface area is 134 Å². The Kier molecular flexibility index (Phi) is 8.89. The number of hydrogen-bond acceptors (Lipinski definition) is 4. The number of hydrogen-bond donors (Lipinski definition) is 1. The van der Waals surface area contributed by atoms with Crippen LogP contribution < -0.4 is 5.32 Å². The van der Waals surface area contributed by atoms with E-state index in [9.17, 15) is 4.79 Å². The lowest BCUT2D eigenvalue weighted by atomic mass is 9.99. The van der Waals surface area contributed by atoms with Crippen molar-refractivity contribution in [3.63, 3.8) is 0 Å². The largest absolute Gasteiger partial charge is 0.469 e. The van der Waals surface area contributed by atoms with Gasteiger partial charge in [-0.3, -0.25) is 9.79 Å². The third kappa shape index (κ3) is 5.83. The molecule has 0 bridgehead atoms. The minimum atomic E-state index is -0.120. The quantitative estimate of drug-likeness (QED) is 0.318. The molecule has 1 aliphatic heterocycles. The molecule has 2 atom stereocenters. The van der Waals surface area contributed by atoms with Gasteiger partial charge in [0.2, 0.25) is 0 Å². The van der Waals surface area contributed by atoms with E-state index in [4.69, 9.17) is 9.47 Å². The molecular weight excluding hydrogens is 282 g/mol. The standard InChI is InChI=1S/C16H31N3O3/c1-5-17-16(18-9-7-6-8-10-21-3)19-11-13(2)14(12-19)15(20)22-4/h13-14H,5-12H2,1-4H3,(H,17,18). The van der Waals surface area contributed by atoms with Gasteiger partial charge in [-0.2, -0.15) is 0 Å². The van der Waals surface area contributed by atoms with E-state index in [1.165, 1.54) is 7.11 Å². The lowest BCUT2D eigenvalue weighted by Gasteiger charge is -2.21. The normalized spacial score (nSPS) is 22.0. The van der Waals surface area contributed by atoms with Crippen LogP contribution in [0.15, 0.2) is 4.99 Å². The molecule has 1 saturated heterocycles. The molecule has 0 aromatic carbocycles. The molecule has 0 saturated carbocycles. The van der Waals surface area contributed by atoms with Crippen LogP contribution in [0.1, 0.15) is 33.1 Å². The van der Waals surface area contributed by atoms with Crippen molar-refractivity contribution >= 4 is 11.9 Å². The highest BCUT2D eigenvalue weighted by atomic mass is 16.5. The van der Waals surface area contributed by atoms with Crippen molar-refractivity contribution in [1.29, 1.82) is 0 Å². The summed E-state index contributed by atoms with van der Waals surface area (Å²) in [5.74, 6) is 1.02. The Balaban J connectivity index is 2.50. The Bertz CT molecular complexity index is 361. The molecule has 6 heteroatoms. The van der Waals surface area contributed by atoms with Gasteiger partial charge in [0.1, 0.15) is 0 Å². The minimum absolute atomic E-state index is 0.0597. The van der Waals surface area contributed by atoms with Gasteiger partial charge in [0, 0.05) is 39.9 Å². The summed E-state index contributed by atoms with van der Waals surface area (Å²) in [6.45, 7) is 8.13. The molecular formula is C16H31N3O3. The van der Waals surface area contributed by atoms with Crippen LogP contribution in [0, 0.1) is 11.8 Å². The molecule has 1 fully saturated rings. The van der Waals surface area contributed by atoms with Crippen LogP contribution in [0.2, 0.25) is 0 Å².